The molecule has 1 aromatic rings. The van der Waals surface area contributed by atoms with Gasteiger partial charge in [-0.05, 0) is 44.0 Å². The Morgan fingerprint density at radius 3 is 2.83 bits per heavy atom. The Morgan fingerprint density at radius 2 is 2.22 bits per heavy atom. The van der Waals surface area contributed by atoms with Gasteiger partial charge >= 0.3 is 5.97 Å². The molecule has 0 aliphatic rings. The van der Waals surface area contributed by atoms with Crippen molar-refractivity contribution in [2.24, 2.45) is 0 Å². The zero-order chi connectivity index (χ0) is 13.5. The van der Waals surface area contributed by atoms with E-state index in [1.54, 1.807) is 6.07 Å². The lowest BCUT2D eigenvalue weighted by molar-refractivity contribution is -0.137. The Balaban J connectivity index is 2.36. The van der Waals surface area contributed by atoms with E-state index in [0.29, 0.717) is 18.0 Å². The predicted molar refractivity (Wildman–Crippen MR) is 69.3 cm³/mol. The van der Waals surface area contributed by atoms with E-state index >= 15 is 0 Å². The highest BCUT2D eigenvalue weighted by Gasteiger charge is 2.09. The van der Waals surface area contributed by atoms with Crippen LogP contribution in [0.4, 0.5) is 4.39 Å². The molecule has 0 aliphatic heterocycles. The van der Waals surface area contributed by atoms with E-state index < -0.39 is 5.97 Å². The van der Waals surface area contributed by atoms with Gasteiger partial charge in [-0.25, -0.2) is 4.39 Å². The van der Waals surface area contributed by atoms with Crippen molar-refractivity contribution in [3.8, 4) is 0 Å². The van der Waals surface area contributed by atoms with Crippen LogP contribution in [0.25, 0.3) is 0 Å². The second kappa shape index (κ2) is 7.34. The standard InChI is InChI=1S/C13H17ClFNO2/c1-9(16-7-3-2-4-13(17)18)11-6-5-10(15)8-12(11)14/h5-6,8-9,16H,2-4,7H2,1H3,(H,17,18). The number of carbonyl (C=O) groups is 1. The van der Waals surface area contributed by atoms with E-state index in [2.05, 4.69) is 5.32 Å². The van der Waals surface area contributed by atoms with Gasteiger partial charge in [0.2, 0.25) is 0 Å². The van der Waals surface area contributed by atoms with Crippen molar-refractivity contribution in [1.29, 1.82) is 0 Å². The molecular formula is C13H17ClFNO2. The quantitative estimate of drug-likeness (QED) is 0.749. The first-order valence-electron chi connectivity index (χ1n) is 5.91. The van der Waals surface area contributed by atoms with Crippen LogP contribution in [0.3, 0.4) is 0 Å². The molecule has 0 bridgehead atoms. The summed E-state index contributed by atoms with van der Waals surface area (Å²) < 4.78 is 12.9. The van der Waals surface area contributed by atoms with Gasteiger partial charge in [0.15, 0.2) is 0 Å². The van der Waals surface area contributed by atoms with Crippen LogP contribution in [0.2, 0.25) is 5.02 Å². The molecule has 0 aliphatic carbocycles. The van der Waals surface area contributed by atoms with E-state index in [9.17, 15) is 9.18 Å². The first kappa shape index (κ1) is 14.9. The molecule has 100 valence electrons. The lowest BCUT2D eigenvalue weighted by atomic mass is 10.1. The van der Waals surface area contributed by atoms with Crippen LogP contribution in [0, 0.1) is 5.82 Å². The van der Waals surface area contributed by atoms with E-state index in [1.165, 1.54) is 12.1 Å². The maximum Gasteiger partial charge on any atom is 0.303 e. The Labute approximate surface area is 111 Å². The summed E-state index contributed by atoms with van der Waals surface area (Å²) in [4.78, 5) is 10.3. The van der Waals surface area contributed by atoms with Gasteiger partial charge < -0.3 is 10.4 Å². The molecule has 1 aromatic carbocycles. The van der Waals surface area contributed by atoms with Crippen molar-refractivity contribution < 1.29 is 14.3 Å². The molecule has 2 N–H and O–H groups in total. The Hall–Kier alpha value is -1.13. The topological polar surface area (TPSA) is 49.3 Å². The van der Waals surface area contributed by atoms with Crippen molar-refractivity contribution in [3.63, 3.8) is 0 Å². The maximum atomic E-state index is 12.9. The van der Waals surface area contributed by atoms with Gasteiger partial charge in [-0.3, -0.25) is 4.79 Å². The number of rotatable bonds is 7. The number of nitrogens with one attached hydrogen (secondary N) is 1. The van der Waals surface area contributed by atoms with Gasteiger partial charge in [0.25, 0.3) is 0 Å². The molecule has 0 saturated carbocycles. The molecule has 0 heterocycles. The van der Waals surface area contributed by atoms with Crippen LogP contribution >= 0.6 is 11.6 Å². The zero-order valence-corrected chi connectivity index (χ0v) is 11.0. The summed E-state index contributed by atoms with van der Waals surface area (Å²) in [5, 5.41) is 12.1. The van der Waals surface area contributed by atoms with Gasteiger partial charge in [-0.1, -0.05) is 17.7 Å². The average Bonchev–Trinajstić information content (AvgIpc) is 2.27. The SMILES string of the molecule is CC(NCCCCC(=O)O)c1ccc(F)cc1Cl. The molecule has 0 amide bonds. The summed E-state index contributed by atoms with van der Waals surface area (Å²) in [5.41, 5.74) is 0.844. The van der Waals surface area contributed by atoms with Crippen molar-refractivity contribution >= 4 is 17.6 Å². The lowest BCUT2D eigenvalue weighted by Crippen LogP contribution is -2.20. The molecule has 0 spiro atoms. The fourth-order valence-electron chi connectivity index (χ4n) is 1.68. The summed E-state index contributed by atoms with van der Waals surface area (Å²) in [5.74, 6) is -1.12. The van der Waals surface area contributed by atoms with E-state index in [4.69, 9.17) is 16.7 Å². The molecule has 1 unspecified atom stereocenters. The lowest BCUT2D eigenvalue weighted by Gasteiger charge is -2.15. The van der Waals surface area contributed by atoms with E-state index in [1.807, 2.05) is 6.92 Å². The Morgan fingerprint density at radius 1 is 1.50 bits per heavy atom. The number of aliphatic carboxylic acids is 1. The molecule has 18 heavy (non-hydrogen) atoms. The van der Waals surface area contributed by atoms with Crippen molar-refractivity contribution in [1.82, 2.24) is 5.32 Å². The second-order valence-electron chi connectivity index (χ2n) is 4.19. The third-order valence-electron chi connectivity index (χ3n) is 2.70. The smallest absolute Gasteiger partial charge is 0.303 e. The van der Waals surface area contributed by atoms with Gasteiger partial charge in [0, 0.05) is 17.5 Å². The van der Waals surface area contributed by atoms with Crippen LogP contribution in [0.5, 0.6) is 0 Å². The Kier molecular flexibility index (Phi) is 6.09. The zero-order valence-electron chi connectivity index (χ0n) is 10.2. The van der Waals surface area contributed by atoms with Gasteiger partial charge in [0.1, 0.15) is 5.82 Å². The number of carboxylic acids is 1. The predicted octanol–water partition coefficient (Wildman–Crippen LogP) is 3.38. The molecule has 1 rings (SSSR count). The normalized spacial score (nSPS) is 12.4. The highest BCUT2D eigenvalue weighted by molar-refractivity contribution is 6.31. The largest absolute Gasteiger partial charge is 0.481 e. The first-order chi connectivity index (χ1) is 8.50. The van der Waals surface area contributed by atoms with Crippen molar-refractivity contribution in [3.05, 3.63) is 34.6 Å². The molecule has 0 aromatic heterocycles. The number of benzene rings is 1. The molecule has 0 fully saturated rings. The number of carboxylic acid groups (broad SMARTS) is 1. The number of hydrogen-bond donors (Lipinski definition) is 2. The molecular weight excluding hydrogens is 257 g/mol. The van der Waals surface area contributed by atoms with Gasteiger partial charge in [-0.2, -0.15) is 0 Å². The maximum absolute atomic E-state index is 12.9. The fraction of sp³-hybridized carbons (Fsp3) is 0.462. The number of unbranched alkanes of at least 4 members (excludes halogenated alkanes) is 1. The molecule has 5 heteroatoms. The summed E-state index contributed by atoms with van der Waals surface area (Å²) in [7, 11) is 0. The minimum absolute atomic E-state index is 0.0166. The summed E-state index contributed by atoms with van der Waals surface area (Å²) in [6.45, 7) is 2.65. The molecule has 0 radical (unpaired) electrons. The summed E-state index contributed by atoms with van der Waals surface area (Å²) in [6, 6.07) is 4.35. The molecule has 0 saturated heterocycles. The van der Waals surface area contributed by atoms with Gasteiger partial charge in [-0.15, -0.1) is 0 Å². The highest BCUT2D eigenvalue weighted by atomic mass is 35.5. The first-order valence-corrected chi connectivity index (χ1v) is 6.28. The molecule has 1 atom stereocenters. The van der Waals surface area contributed by atoms with E-state index in [-0.39, 0.29) is 18.3 Å². The monoisotopic (exact) mass is 273 g/mol. The summed E-state index contributed by atoms with van der Waals surface area (Å²) >= 11 is 5.95. The van der Waals surface area contributed by atoms with Crippen LogP contribution < -0.4 is 5.32 Å². The van der Waals surface area contributed by atoms with Crippen LogP contribution in [-0.4, -0.2) is 17.6 Å². The van der Waals surface area contributed by atoms with Crippen LogP contribution in [0.15, 0.2) is 18.2 Å². The molecule has 3 nitrogen and oxygen atoms in total. The second-order valence-corrected chi connectivity index (χ2v) is 4.60. The van der Waals surface area contributed by atoms with E-state index in [0.717, 1.165) is 12.0 Å². The minimum Gasteiger partial charge on any atom is -0.481 e. The fourth-order valence-corrected chi connectivity index (χ4v) is 2.01. The van der Waals surface area contributed by atoms with Gasteiger partial charge in [0.05, 0.1) is 0 Å². The third-order valence-corrected chi connectivity index (χ3v) is 3.02. The summed E-state index contributed by atoms with van der Waals surface area (Å²) in [6.07, 6.45) is 1.62. The van der Waals surface area contributed by atoms with Crippen molar-refractivity contribution in [2.75, 3.05) is 6.54 Å². The third kappa shape index (κ3) is 5.02. The van der Waals surface area contributed by atoms with Crippen LogP contribution in [-0.2, 0) is 4.79 Å². The van der Waals surface area contributed by atoms with Crippen molar-refractivity contribution in [2.45, 2.75) is 32.2 Å². The van der Waals surface area contributed by atoms with Crippen LogP contribution in [0.1, 0.15) is 37.8 Å². The average molecular weight is 274 g/mol. The number of hydrogen-bond acceptors (Lipinski definition) is 2. The number of halogens is 2. The Bertz CT molecular complexity index is 412. The minimum atomic E-state index is -0.773. The highest BCUT2D eigenvalue weighted by Crippen LogP contribution is 2.23.